The first-order chi connectivity index (χ1) is 8.41. The van der Waals surface area contributed by atoms with Crippen molar-refractivity contribution in [3.63, 3.8) is 0 Å². The average Bonchev–Trinajstić information content (AvgIpc) is 2.76. The number of anilines is 1. The molecular formula is C13H16NO2PS. The Morgan fingerprint density at radius 1 is 1.22 bits per heavy atom. The maximum Gasteiger partial charge on any atom is 0.173 e. The van der Waals surface area contributed by atoms with Crippen LogP contribution in [-0.4, -0.2) is 20.4 Å². The average molecular weight is 281 g/mol. The number of rotatable bonds is 3. The summed E-state index contributed by atoms with van der Waals surface area (Å²) in [6, 6.07) is 9.60. The molecule has 2 N–H and O–H groups in total. The van der Waals surface area contributed by atoms with Gasteiger partial charge in [-0.1, -0.05) is 17.4 Å². The topological polar surface area (TPSA) is 52.3 Å². The summed E-state index contributed by atoms with van der Waals surface area (Å²) in [5.74, 6) is 0. The standard InChI is InChI=1S/C13H16NO2PS/c1-16-13-7-6-12(18-13)9-4-5-10(14)11(8-9)17(2,3)15/h4-8H,14H2,1-3H3. The molecule has 5 heteroatoms. The van der Waals surface area contributed by atoms with Gasteiger partial charge in [0.1, 0.15) is 7.14 Å². The Hall–Kier alpha value is -1.25. The number of nitrogen functional groups attached to an aromatic ring is 1. The molecule has 0 saturated carbocycles. The highest BCUT2D eigenvalue weighted by Gasteiger charge is 2.16. The minimum atomic E-state index is -2.35. The third-order valence-electron chi connectivity index (χ3n) is 2.68. The predicted molar refractivity (Wildman–Crippen MR) is 79.8 cm³/mol. The molecule has 1 heterocycles. The van der Waals surface area contributed by atoms with E-state index in [1.807, 2.05) is 30.3 Å². The number of hydrogen-bond acceptors (Lipinski definition) is 4. The van der Waals surface area contributed by atoms with Gasteiger partial charge >= 0.3 is 0 Å². The van der Waals surface area contributed by atoms with Crippen molar-refractivity contribution >= 4 is 29.5 Å². The molecule has 18 heavy (non-hydrogen) atoms. The van der Waals surface area contributed by atoms with Crippen LogP contribution in [0.25, 0.3) is 10.4 Å². The molecule has 0 atom stereocenters. The van der Waals surface area contributed by atoms with Gasteiger partial charge in [0.2, 0.25) is 0 Å². The van der Waals surface area contributed by atoms with Crippen molar-refractivity contribution in [2.24, 2.45) is 0 Å². The van der Waals surface area contributed by atoms with Crippen molar-refractivity contribution in [1.82, 2.24) is 0 Å². The fraction of sp³-hybridized carbons (Fsp3) is 0.231. The highest BCUT2D eigenvalue weighted by Crippen LogP contribution is 2.40. The summed E-state index contributed by atoms with van der Waals surface area (Å²) in [5, 5.41) is 1.60. The van der Waals surface area contributed by atoms with Crippen molar-refractivity contribution in [3.05, 3.63) is 30.3 Å². The second kappa shape index (κ2) is 4.79. The molecule has 0 amide bonds. The first-order valence-electron chi connectivity index (χ1n) is 5.51. The SMILES string of the molecule is COc1ccc(-c2ccc(N)c(P(C)(C)=O)c2)s1. The minimum Gasteiger partial charge on any atom is -0.487 e. The Morgan fingerprint density at radius 2 is 1.94 bits per heavy atom. The monoisotopic (exact) mass is 281 g/mol. The van der Waals surface area contributed by atoms with Gasteiger partial charge < -0.3 is 15.0 Å². The zero-order chi connectivity index (χ0) is 13.3. The van der Waals surface area contributed by atoms with Gasteiger partial charge in [0.25, 0.3) is 0 Å². The number of nitrogens with two attached hydrogens (primary N) is 1. The van der Waals surface area contributed by atoms with Gasteiger partial charge in [-0.05, 0) is 43.2 Å². The molecular weight excluding hydrogens is 265 g/mol. The quantitative estimate of drug-likeness (QED) is 0.694. The zero-order valence-corrected chi connectivity index (χ0v) is 12.3. The molecule has 2 aromatic rings. The van der Waals surface area contributed by atoms with E-state index in [-0.39, 0.29) is 0 Å². The van der Waals surface area contributed by atoms with Crippen molar-refractivity contribution in [2.45, 2.75) is 0 Å². The van der Waals surface area contributed by atoms with E-state index in [4.69, 9.17) is 10.5 Å². The van der Waals surface area contributed by atoms with E-state index in [9.17, 15) is 4.57 Å². The molecule has 1 aromatic carbocycles. The smallest absolute Gasteiger partial charge is 0.173 e. The van der Waals surface area contributed by atoms with E-state index >= 15 is 0 Å². The lowest BCUT2D eigenvalue weighted by Crippen LogP contribution is -2.09. The van der Waals surface area contributed by atoms with Crippen LogP contribution >= 0.6 is 18.5 Å². The molecule has 0 aliphatic heterocycles. The third-order valence-corrected chi connectivity index (χ3v) is 5.32. The molecule has 0 fully saturated rings. The van der Waals surface area contributed by atoms with Crippen LogP contribution in [-0.2, 0) is 4.57 Å². The van der Waals surface area contributed by atoms with E-state index in [1.165, 1.54) is 0 Å². The molecule has 0 aliphatic rings. The van der Waals surface area contributed by atoms with Gasteiger partial charge in [-0.15, -0.1) is 0 Å². The van der Waals surface area contributed by atoms with Gasteiger partial charge in [0.05, 0.1) is 7.11 Å². The number of ether oxygens (including phenoxy) is 1. The molecule has 96 valence electrons. The first kappa shape index (κ1) is 13.2. The molecule has 0 radical (unpaired) electrons. The van der Waals surface area contributed by atoms with Crippen LogP contribution in [0.4, 0.5) is 5.69 Å². The van der Waals surface area contributed by atoms with E-state index in [0.29, 0.717) is 5.69 Å². The number of methoxy groups -OCH3 is 1. The van der Waals surface area contributed by atoms with E-state index < -0.39 is 7.14 Å². The largest absolute Gasteiger partial charge is 0.487 e. The van der Waals surface area contributed by atoms with E-state index in [0.717, 1.165) is 20.8 Å². The van der Waals surface area contributed by atoms with Crippen molar-refractivity contribution < 1.29 is 9.30 Å². The maximum atomic E-state index is 12.2. The number of thiophene rings is 1. The summed E-state index contributed by atoms with van der Waals surface area (Å²) in [6.45, 7) is 3.47. The summed E-state index contributed by atoms with van der Waals surface area (Å²) in [7, 11) is -0.706. The molecule has 1 aromatic heterocycles. The number of hydrogen-bond donors (Lipinski definition) is 1. The molecule has 0 aliphatic carbocycles. The van der Waals surface area contributed by atoms with Crippen LogP contribution in [0.1, 0.15) is 0 Å². The van der Waals surface area contributed by atoms with Gasteiger partial charge in [-0.3, -0.25) is 0 Å². The fourth-order valence-corrected chi connectivity index (χ4v) is 3.71. The van der Waals surface area contributed by atoms with Crippen LogP contribution in [0.5, 0.6) is 5.06 Å². The highest BCUT2D eigenvalue weighted by atomic mass is 32.1. The fourth-order valence-electron chi connectivity index (χ4n) is 1.75. The Morgan fingerprint density at radius 3 is 2.50 bits per heavy atom. The van der Waals surface area contributed by atoms with Crippen LogP contribution in [0.3, 0.4) is 0 Å². The lowest BCUT2D eigenvalue weighted by Gasteiger charge is -2.11. The van der Waals surface area contributed by atoms with Gasteiger partial charge in [0, 0.05) is 15.9 Å². The van der Waals surface area contributed by atoms with Gasteiger partial charge in [0.15, 0.2) is 5.06 Å². The molecule has 0 unspecified atom stereocenters. The van der Waals surface area contributed by atoms with Crippen molar-refractivity contribution in [3.8, 4) is 15.5 Å². The normalized spacial score (nSPS) is 11.5. The van der Waals surface area contributed by atoms with Crippen molar-refractivity contribution in [2.75, 3.05) is 26.2 Å². The minimum absolute atomic E-state index is 0.593. The Bertz CT molecular complexity index is 615. The van der Waals surface area contributed by atoms with E-state index in [1.54, 1.807) is 31.8 Å². The number of benzene rings is 1. The van der Waals surface area contributed by atoms with Crippen LogP contribution in [0.15, 0.2) is 30.3 Å². The Balaban J connectivity index is 2.50. The maximum absolute atomic E-state index is 12.2. The second-order valence-electron chi connectivity index (χ2n) is 4.45. The highest BCUT2D eigenvalue weighted by molar-refractivity contribution is 7.70. The molecule has 2 rings (SSSR count). The molecule has 0 spiro atoms. The summed E-state index contributed by atoms with van der Waals surface area (Å²) in [6.07, 6.45) is 0. The van der Waals surface area contributed by atoms with Gasteiger partial charge in [-0.25, -0.2) is 0 Å². The summed E-state index contributed by atoms with van der Waals surface area (Å²) < 4.78 is 17.4. The Labute approximate surface area is 111 Å². The second-order valence-corrected chi connectivity index (χ2v) is 8.68. The van der Waals surface area contributed by atoms with Crippen LogP contribution < -0.4 is 15.8 Å². The molecule has 0 bridgehead atoms. The van der Waals surface area contributed by atoms with Crippen LogP contribution in [0.2, 0.25) is 0 Å². The predicted octanol–water partition coefficient (Wildman–Crippen LogP) is 3.25. The summed E-state index contributed by atoms with van der Waals surface area (Å²) in [5.41, 5.74) is 7.51. The van der Waals surface area contributed by atoms with Gasteiger partial charge in [-0.2, -0.15) is 0 Å². The summed E-state index contributed by atoms with van der Waals surface area (Å²) >= 11 is 1.56. The Kier molecular flexibility index (Phi) is 3.51. The zero-order valence-electron chi connectivity index (χ0n) is 10.6. The molecule has 0 saturated heterocycles. The molecule has 3 nitrogen and oxygen atoms in total. The van der Waals surface area contributed by atoms with Crippen molar-refractivity contribution in [1.29, 1.82) is 0 Å². The van der Waals surface area contributed by atoms with E-state index in [2.05, 4.69) is 0 Å². The lowest BCUT2D eigenvalue weighted by atomic mass is 10.2. The first-order valence-corrected chi connectivity index (χ1v) is 8.93. The third kappa shape index (κ3) is 2.60. The lowest BCUT2D eigenvalue weighted by molar-refractivity contribution is 0.427. The van der Waals surface area contributed by atoms with Crippen LogP contribution in [0, 0.1) is 0 Å². The summed E-state index contributed by atoms with van der Waals surface area (Å²) in [4.78, 5) is 1.08.